The van der Waals surface area contributed by atoms with Crippen molar-refractivity contribution in [2.45, 2.75) is 51.6 Å². The van der Waals surface area contributed by atoms with E-state index in [1.807, 2.05) is 12.1 Å². The van der Waals surface area contributed by atoms with Gasteiger partial charge in [0.1, 0.15) is 23.8 Å². The van der Waals surface area contributed by atoms with E-state index < -0.39 is 0 Å². The lowest BCUT2D eigenvalue weighted by molar-refractivity contribution is -0.771. The fourth-order valence-electron chi connectivity index (χ4n) is 6.59. The summed E-state index contributed by atoms with van der Waals surface area (Å²) in [7, 11) is 6.66. The van der Waals surface area contributed by atoms with E-state index in [2.05, 4.69) is 37.4 Å². The minimum absolute atomic E-state index is 0. The topological polar surface area (TPSA) is 69.1 Å². The summed E-state index contributed by atoms with van der Waals surface area (Å²) in [6.45, 7) is 4.09. The molecule has 2 unspecified atom stereocenters. The van der Waals surface area contributed by atoms with Crippen molar-refractivity contribution in [1.82, 2.24) is 0 Å². The van der Waals surface area contributed by atoms with Crippen LogP contribution < -0.4 is 52.6 Å². The average molecular weight is 716 g/mol. The van der Waals surface area contributed by atoms with Gasteiger partial charge in [-0.15, -0.1) is 0 Å². The Bertz CT molecular complexity index is 1480. The Hall–Kier alpha value is -3.15. The molecule has 2 atom stereocenters. The number of methoxy groups -OCH3 is 4. The summed E-state index contributed by atoms with van der Waals surface area (Å²) >= 11 is 0. The van der Waals surface area contributed by atoms with Crippen LogP contribution in [0.15, 0.2) is 65.1 Å². The summed E-state index contributed by atoms with van der Waals surface area (Å²) in [6, 6.07) is 8.38. The third kappa shape index (κ3) is 6.06. The molecule has 0 radical (unpaired) electrons. The van der Waals surface area contributed by atoms with Crippen molar-refractivity contribution in [3.05, 3.63) is 81.8 Å². The van der Waals surface area contributed by atoms with Gasteiger partial charge in [0.25, 0.3) is 0 Å². The Morgan fingerprint density at radius 1 is 0.864 bits per heavy atom. The van der Waals surface area contributed by atoms with Crippen LogP contribution in [-0.4, -0.2) is 54.5 Å². The summed E-state index contributed by atoms with van der Waals surface area (Å²) in [5.41, 5.74) is 8.33. The summed E-state index contributed by atoms with van der Waals surface area (Å²) < 4.78 is 41.1. The predicted octanol–water partition coefficient (Wildman–Crippen LogP) is 2.17. The molecule has 0 amide bonds. The molecule has 2 aromatic rings. The maximum absolute atomic E-state index is 6.58. The van der Waals surface area contributed by atoms with E-state index >= 15 is 0 Å². The maximum Gasteiger partial charge on any atom is 0.231 e. The van der Waals surface area contributed by atoms with Crippen molar-refractivity contribution in [3.8, 4) is 28.7 Å². The van der Waals surface area contributed by atoms with E-state index in [0.717, 1.165) is 59.8 Å². The first-order valence-electron chi connectivity index (χ1n) is 15.2. The van der Waals surface area contributed by atoms with Crippen molar-refractivity contribution in [1.29, 1.82) is 0 Å². The monoisotopic (exact) mass is 715 g/mol. The standard InChI is InChI=1S/C35H41NO7.HI/c1-6-7-8-9-14-41-34-27-20-36-13-12-23-18-29-30(43-21-42-29)19-25(23)33(36)26(24(27)10-11-28(34)37-2)15-22-16-31(38-3)35(40-5)32(17-22)39-4;/h10-11,16-20,34H,6-9,12-15,21H2,1-5H3;1H. The van der Waals surface area contributed by atoms with Gasteiger partial charge in [0.05, 0.1) is 35.0 Å². The highest BCUT2D eigenvalue weighted by atomic mass is 127. The Morgan fingerprint density at radius 2 is 1.61 bits per heavy atom. The van der Waals surface area contributed by atoms with E-state index in [-0.39, 0.29) is 36.9 Å². The molecule has 8 nitrogen and oxygen atoms in total. The minimum atomic E-state index is -0.256. The number of halogens is 1. The van der Waals surface area contributed by atoms with Gasteiger partial charge in [0, 0.05) is 36.2 Å². The van der Waals surface area contributed by atoms with Gasteiger partial charge < -0.3 is 57.1 Å². The number of rotatable bonds is 12. The molecule has 2 aromatic carbocycles. The second-order valence-corrected chi connectivity index (χ2v) is 11.2. The fourth-order valence-corrected chi connectivity index (χ4v) is 6.59. The first kappa shape index (κ1) is 32.2. The van der Waals surface area contributed by atoms with Crippen LogP contribution >= 0.6 is 0 Å². The molecule has 44 heavy (non-hydrogen) atoms. The zero-order chi connectivity index (χ0) is 29.9. The second kappa shape index (κ2) is 14.3. The molecule has 0 bridgehead atoms. The first-order chi connectivity index (χ1) is 21.1. The highest BCUT2D eigenvalue weighted by molar-refractivity contribution is 5.77. The summed E-state index contributed by atoms with van der Waals surface area (Å²) in [6.07, 6.45) is 12.5. The Morgan fingerprint density at radius 3 is 2.30 bits per heavy atom. The number of fused-ring (bicyclic) bond motifs is 5. The van der Waals surface area contributed by atoms with E-state index in [1.54, 1.807) is 28.4 Å². The molecular weight excluding hydrogens is 673 g/mol. The van der Waals surface area contributed by atoms with Crippen molar-refractivity contribution in [2.75, 3.05) is 48.4 Å². The van der Waals surface area contributed by atoms with Gasteiger partial charge in [-0.1, -0.05) is 32.3 Å². The van der Waals surface area contributed by atoms with Crippen molar-refractivity contribution in [2.24, 2.45) is 0 Å². The van der Waals surface area contributed by atoms with Crippen LogP contribution in [0.3, 0.4) is 0 Å². The highest BCUT2D eigenvalue weighted by Crippen LogP contribution is 2.44. The lowest BCUT2D eigenvalue weighted by Crippen LogP contribution is -3.06. The first-order valence-corrected chi connectivity index (χ1v) is 15.2. The van der Waals surface area contributed by atoms with Crippen LogP contribution in [0.1, 0.15) is 49.3 Å². The van der Waals surface area contributed by atoms with Crippen LogP contribution in [0.25, 0.3) is 5.70 Å². The molecule has 0 fully saturated rings. The molecule has 1 aliphatic carbocycles. The molecule has 3 aliphatic heterocycles. The lowest BCUT2D eigenvalue weighted by Gasteiger charge is -2.36. The van der Waals surface area contributed by atoms with Crippen LogP contribution in [-0.2, 0) is 22.3 Å². The van der Waals surface area contributed by atoms with Gasteiger partial charge in [0.15, 0.2) is 23.0 Å². The number of benzene rings is 2. The van der Waals surface area contributed by atoms with E-state index in [0.29, 0.717) is 30.3 Å². The van der Waals surface area contributed by atoms with Gasteiger partial charge in [-0.05, 0) is 53.5 Å². The van der Waals surface area contributed by atoms with Gasteiger partial charge >= 0.3 is 0 Å². The summed E-state index contributed by atoms with van der Waals surface area (Å²) in [4.78, 5) is 1.30. The summed E-state index contributed by atoms with van der Waals surface area (Å²) in [5, 5.41) is 0. The van der Waals surface area contributed by atoms with Crippen molar-refractivity contribution >= 4 is 5.70 Å². The zero-order valence-electron chi connectivity index (χ0n) is 26.2. The number of nitrogens with one attached hydrogen (secondary N) is 1. The number of quaternary nitrogens is 1. The average Bonchev–Trinajstić information content (AvgIpc) is 3.50. The van der Waals surface area contributed by atoms with Crippen LogP contribution in [0.5, 0.6) is 28.7 Å². The third-order valence-electron chi connectivity index (χ3n) is 8.70. The Kier molecular flexibility index (Phi) is 10.5. The molecule has 0 saturated heterocycles. The SMILES string of the molecule is CCCCCCOC1C(OC)=CC=C2C1=C[NH+]1CCc3cc4c(cc3C1=C2Cc1cc(OC)c(OC)c(OC)c1)OCO4.[I-]. The molecule has 236 valence electrons. The van der Waals surface area contributed by atoms with E-state index in [1.165, 1.54) is 40.1 Å². The molecule has 9 heteroatoms. The third-order valence-corrected chi connectivity index (χ3v) is 8.70. The number of ether oxygens (including phenoxy) is 7. The van der Waals surface area contributed by atoms with E-state index in [4.69, 9.17) is 33.2 Å². The number of hydrogen-bond acceptors (Lipinski definition) is 7. The second-order valence-electron chi connectivity index (χ2n) is 11.2. The van der Waals surface area contributed by atoms with Crippen molar-refractivity contribution in [3.63, 3.8) is 0 Å². The largest absolute Gasteiger partial charge is 1.00 e. The molecule has 0 spiro atoms. The minimum Gasteiger partial charge on any atom is -1.00 e. The van der Waals surface area contributed by atoms with Gasteiger partial charge in [0.2, 0.25) is 12.5 Å². The molecule has 6 rings (SSSR count). The molecule has 1 N–H and O–H groups in total. The number of unbranched alkanes of at least 4 members (excludes halogenated alkanes) is 3. The van der Waals surface area contributed by atoms with Crippen LogP contribution in [0.2, 0.25) is 0 Å². The highest BCUT2D eigenvalue weighted by Gasteiger charge is 2.40. The number of allylic oxidation sites excluding steroid dienone is 3. The Balaban J connectivity index is 0.00000384. The maximum atomic E-state index is 6.58. The molecule has 4 aliphatic rings. The van der Waals surface area contributed by atoms with E-state index in [9.17, 15) is 0 Å². The Labute approximate surface area is 277 Å². The molecule has 3 heterocycles. The van der Waals surface area contributed by atoms with Crippen LogP contribution in [0, 0.1) is 0 Å². The normalized spacial score (nSPS) is 19.4. The quantitative estimate of drug-likeness (QED) is 0.267. The molecule has 0 aromatic heterocycles. The molecular formula is C35H42INO7. The number of hydrogen-bond donors (Lipinski definition) is 1. The summed E-state index contributed by atoms with van der Waals surface area (Å²) in [5.74, 6) is 4.31. The predicted molar refractivity (Wildman–Crippen MR) is 164 cm³/mol. The lowest BCUT2D eigenvalue weighted by atomic mass is 9.79. The zero-order valence-corrected chi connectivity index (χ0v) is 28.4. The van der Waals surface area contributed by atoms with Gasteiger partial charge in [-0.2, -0.15) is 0 Å². The van der Waals surface area contributed by atoms with Crippen LogP contribution in [0.4, 0.5) is 0 Å². The smallest absolute Gasteiger partial charge is 0.231 e. The molecule has 0 saturated carbocycles. The van der Waals surface area contributed by atoms with Gasteiger partial charge in [-0.3, -0.25) is 4.90 Å². The van der Waals surface area contributed by atoms with Gasteiger partial charge in [-0.25, -0.2) is 0 Å². The van der Waals surface area contributed by atoms with Crippen molar-refractivity contribution < 1.29 is 62.0 Å². The fraction of sp³-hybridized carbons (Fsp3) is 0.429.